The monoisotopic (exact) mass is 200 g/mol. The summed E-state index contributed by atoms with van der Waals surface area (Å²) in [4.78, 5) is 4.91. The fourth-order valence-electron chi connectivity index (χ4n) is 1.77. The molecule has 1 atom stereocenters. The van der Waals surface area contributed by atoms with Gasteiger partial charge in [0.1, 0.15) is 0 Å². The Balaban J connectivity index is 2.16. The third kappa shape index (κ3) is 3.95. The van der Waals surface area contributed by atoms with Gasteiger partial charge in [0.25, 0.3) is 0 Å². The molecule has 0 amide bonds. The molecule has 0 N–H and O–H groups in total. The van der Waals surface area contributed by atoms with Gasteiger partial charge in [-0.3, -0.25) is 4.90 Å². The molecule has 0 bridgehead atoms. The van der Waals surface area contributed by atoms with Crippen LogP contribution in [0, 0.1) is 0 Å². The number of hydrogen-bond acceptors (Lipinski definition) is 3. The molecule has 1 unspecified atom stereocenters. The van der Waals surface area contributed by atoms with Crippen molar-refractivity contribution in [2.75, 3.05) is 46.4 Å². The van der Waals surface area contributed by atoms with E-state index in [0.717, 1.165) is 32.8 Å². The molecule has 84 valence electrons. The molecule has 1 aliphatic heterocycles. The van der Waals surface area contributed by atoms with Crippen molar-refractivity contribution in [2.24, 2.45) is 0 Å². The largest absolute Gasteiger partial charge is 0.379 e. The topological polar surface area (TPSA) is 15.7 Å². The van der Waals surface area contributed by atoms with Crippen molar-refractivity contribution in [3.8, 4) is 0 Å². The molecule has 14 heavy (non-hydrogen) atoms. The summed E-state index contributed by atoms with van der Waals surface area (Å²) in [5.74, 6) is 0. The van der Waals surface area contributed by atoms with Crippen LogP contribution in [0.5, 0.6) is 0 Å². The van der Waals surface area contributed by atoms with Gasteiger partial charge in [-0.05, 0) is 33.5 Å². The molecular weight excluding hydrogens is 176 g/mol. The van der Waals surface area contributed by atoms with E-state index in [9.17, 15) is 0 Å². The first-order valence-corrected chi connectivity index (χ1v) is 5.74. The highest BCUT2D eigenvalue weighted by molar-refractivity contribution is 4.70. The first-order chi connectivity index (χ1) is 6.74. The van der Waals surface area contributed by atoms with Crippen LogP contribution in [0.3, 0.4) is 0 Å². The summed E-state index contributed by atoms with van der Waals surface area (Å²) >= 11 is 0. The lowest BCUT2D eigenvalue weighted by atomic mass is 10.2. The van der Waals surface area contributed by atoms with Gasteiger partial charge < -0.3 is 9.64 Å². The molecule has 0 saturated carbocycles. The first kappa shape index (κ1) is 12.0. The van der Waals surface area contributed by atoms with Crippen LogP contribution in [0.4, 0.5) is 0 Å². The van der Waals surface area contributed by atoms with E-state index in [-0.39, 0.29) is 0 Å². The molecule has 1 aliphatic rings. The minimum Gasteiger partial charge on any atom is -0.379 e. The summed E-state index contributed by atoms with van der Waals surface area (Å²) in [6.45, 7) is 10.9. The smallest absolute Gasteiger partial charge is 0.0594 e. The zero-order valence-corrected chi connectivity index (χ0v) is 9.83. The highest BCUT2D eigenvalue weighted by Gasteiger charge is 2.16. The van der Waals surface area contributed by atoms with Gasteiger partial charge in [-0.25, -0.2) is 0 Å². The summed E-state index contributed by atoms with van der Waals surface area (Å²) in [6.07, 6.45) is 1.27. The standard InChI is InChI=1S/C11H24N2O/c1-4-12(3)6-5-11(2)13-7-9-14-10-8-13/h11H,4-10H2,1-3H3. The predicted molar refractivity (Wildman–Crippen MR) is 59.6 cm³/mol. The number of ether oxygens (including phenoxy) is 1. The normalized spacial score (nSPS) is 21.4. The van der Waals surface area contributed by atoms with Gasteiger partial charge in [-0.15, -0.1) is 0 Å². The van der Waals surface area contributed by atoms with Crippen molar-refractivity contribution < 1.29 is 4.74 Å². The van der Waals surface area contributed by atoms with E-state index in [2.05, 4.69) is 30.7 Å². The third-order valence-electron chi connectivity index (χ3n) is 3.14. The van der Waals surface area contributed by atoms with E-state index in [1.165, 1.54) is 13.0 Å². The molecule has 0 radical (unpaired) electrons. The van der Waals surface area contributed by atoms with Crippen LogP contribution >= 0.6 is 0 Å². The Kier molecular flexibility index (Phi) is 5.45. The van der Waals surface area contributed by atoms with Crippen LogP contribution in [0.1, 0.15) is 20.3 Å². The Hall–Kier alpha value is -0.120. The van der Waals surface area contributed by atoms with Crippen molar-refractivity contribution in [3.63, 3.8) is 0 Å². The Bertz CT molecular complexity index is 146. The third-order valence-corrected chi connectivity index (χ3v) is 3.14. The Morgan fingerprint density at radius 3 is 2.57 bits per heavy atom. The molecule has 0 aromatic carbocycles. The quantitative estimate of drug-likeness (QED) is 0.660. The lowest BCUT2D eigenvalue weighted by Gasteiger charge is -2.33. The van der Waals surface area contributed by atoms with Crippen LogP contribution in [-0.4, -0.2) is 62.3 Å². The molecular formula is C11H24N2O. The number of nitrogens with zero attached hydrogens (tertiary/aromatic N) is 2. The van der Waals surface area contributed by atoms with Gasteiger partial charge in [0.15, 0.2) is 0 Å². The Morgan fingerprint density at radius 2 is 2.00 bits per heavy atom. The number of rotatable bonds is 5. The molecule has 1 fully saturated rings. The number of hydrogen-bond donors (Lipinski definition) is 0. The molecule has 0 spiro atoms. The molecule has 1 rings (SSSR count). The van der Waals surface area contributed by atoms with Gasteiger partial charge in [0, 0.05) is 19.1 Å². The first-order valence-electron chi connectivity index (χ1n) is 5.74. The van der Waals surface area contributed by atoms with Crippen LogP contribution in [-0.2, 0) is 4.74 Å². The minimum atomic E-state index is 0.702. The Labute approximate surface area is 88.0 Å². The summed E-state index contributed by atoms with van der Waals surface area (Å²) in [6, 6.07) is 0.702. The zero-order valence-electron chi connectivity index (χ0n) is 9.83. The van der Waals surface area contributed by atoms with Crippen molar-refractivity contribution in [1.82, 2.24) is 9.80 Å². The maximum absolute atomic E-state index is 5.34. The van der Waals surface area contributed by atoms with E-state index in [1.54, 1.807) is 0 Å². The Morgan fingerprint density at radius 1 is 1.36 bits per heavy atom. The highest BCUT2D eigenvalue weighted by atomic mass is 16.5. The van der Waals surface area contributed by atoms with Gasteiger partial charge in [-0.2, -0.15) is 0 Å². The zero-order chi connectivity index (χ0) is 10.4. The van der Waals surface area contributed by atoms with E-state index < -0.39 is 0 Å². The molecule has 1 saturated heterocycles. The summed E-state index contributed by atoms with van der Waals surface area (Å²) in [5, 5.41) is 0. The molecule has 0 aromatic rings. The van der Waals surface area contributed by atoms with Gasteiger partial charge >= 0.3 is 0 Å². The van der Waals surface area contributed by atoms with Crippen LogP contribution in [0.25, 0.3) is 0 Å². The highest BCUT2D eigenvalue weighted by Crippen LogP contribution is 2.07. The summed E-state index contributed by atoms with van der Waals surface area (Å²) in [5.41, 5.74) is 0. The summed E-state index contributed by atoms with van der Waals surface area (Å²) < 4.78 is 5.34. The van der Waals surface area contributed by atoms with Crippen LogP contribution in [0.2, 0.25) is 0 Å². The molecule has 3 nitrogen and oxygen atoms in total. The van der Waals surface area contributed by atoms with E-state index in [0.29, 0.717) is 6.04 Å². The SMILES string of the molecule is CCN(C)CCC(C)N1CCOCC1. The van der Waals surface area contributed by atoms with Gasteiger partial charge in [0.05, 0.1) is 13.2 Å². The maximum atomic E-state index is 5.34. The fraction of sp³-hybridized carbons (Fsp3) is 1.00. The minimum absolute atomic E-state index is 0.702. The predicted octanol–water partition coefficient (Wildman–Crippen LogP) is 1.05. The van der Waals surface area contributed by atoms with E-state index in [4.69, 9.17) is 4.74 Å². The van der Waals surface area contributed by atoms with E-state index >= 15 is 0 Å². The second kappa shape index (κ2) is 6.38. The average molecular weight is 200 g/mol. The number of morpholine rings is 1. The van der Waals surface area contributed by atoms with Crippen molar-refractivity contribution in [3.05, 3.63) is 0 Å². The molecule has 1 heterocycles. The van der Waals surface area contributed by atoms with E-state index in [1.807, 2.05) is 0 Å². The lowest BCUT2D eigenvalue weighted by molar-refractivity contribution is 0.0172. The van der Waals surface area contributed by atoms with Crippen LogP contribution in [0.15, 0.2) is 0 Å². The van der Waals surface area contributed by atoms with Crippen molar-refractivity contribution in [2.45, 2.75) is 26.3 Å². The fourth-order valence-corrected chi connectivity index (χ4v) is 1.77. The van der Waals surface area contributed by atoms with Crippen molar-refractivity contribution in [1.29, 1.82) is 0 Å². The second-order valence-electron chi connectivity index (χ2n) is 4.18. The maximum Gasteiger partial charge on any atom is 0.0594 e. The lowest BCUT2D eigenvalue weighted by Crippen LogP contribution is -2.43. The van der Waals surface area contributed by atoms with Gasteiger partial charge in [0.2, 0.25) is 0 Å². The molecule has 0 aliphatic carbocycles. The van der Waals surface area contributed by atoms with Gasteiger partial charge in [-0.1, -0.05) is 6.92 Å². The average Bonchev–Trinajstić information content (AvgIpc) is 2.26. The molecule has 0 aromatic heterocycles. The van der Waals surface area contributed by atoms with Crippen LogP contribution < -0.4 is 0 Å². The van der Waals surface area contributed by atoms with Crippen molar-refractivity contribution >= 4 is 0 Å². The second-order valence-corrected chi connectivity index (χ2v) is 4.18. The molecule has 3 heteroatoms. The summed E-state index contributed by atoms with van der Waals surface area (Å²) in [7, 11) is 2.19.